The van der Waals surface area contributed by atoms with Crippen molar-refractivity contribution in [2.45, 2.75) is 13.3 Å². The summed E-state index contributed by atoms with van der Waals surface area (Å²) in [6.07, 6.45) is 2.36. The Kier molecular flexibility index (Phi) is 3.73. The first-order valence-corrected chi connectivity index (χ1v) is 6.61. The van der Waals surface area contributed by atoms with E-state index in [1.54, 1.807) is 12.3 Å². The highest BCUT2D eigenvalue weighted by atomic mass is 79.9. The van der Waals surface area contributed by atoms with Gasteiger partial charge in [0.25, 0.3) is 5.56 Å². The second kappa shape index (κ2) is 5.10. The largest absolute Gasteiger partial charge is 0.304 e. The molecule has 0 radical (unpaired) electrons. The molecule has 0 atom stereocenters. The molecule has 0 unspecified atom stereocenters. The predicted molar refractivity (Wildman–Crippen MR) is 72.9 cm³/mol. The van der Waals surface area contributed by atoms with Gasteiger partial charge in [-0.2, -0.15) is 0 Å². The fourth-order valence-corrected chi connectivity index (χ4v) is 2.08. The molecular weight excluding hydrogens is 350 g/mol. The first-order valence-electron chi connectivity index (χ1n) is 5.02. The van der Waals surface area contributed by atoms with Gasteiger partial charge < -0.3 is 4.98 Å². The van der Waals surface area contributed by atoms with Crippen LogP contribution in [0, 0.1) is 0 Å². The van der Waals surface area contributed by atoms with Crippen LogP contribution in [0.1, 0.15) is 12.6 Å². The maximum Gasteiger partial charge on any atom is 0.265 e. The van der Waals surface area contributed by atoms with Crippen LogP contribution in [0.3, 0.4) is 0 Å². The quantitative estimate of drug-likeness (QED) is 0.897. The molecule has 0 aliphatic heterocycles. The van der Waals surface area contributed by atoms with Gasteiger partial charge in [0.05, 0.1) is 5.69 Å². The third-order valence-electron chi connectivity index (χ3n) is 2.24. The average Bonchev–Trinajstić information content (AvgIpc) is 2.33. The van der Waals surface area contributed by atoms with Gasteiger partial charge in [-0.25, -0.2) is 4.98 Å². The Balaban J connectivity index is 2.56. The minimum Gasteiger partial charge on any atom is -0.304 e. The maximum atomic E-state index is 11.7. The van der Waals surface area contributed by atoms with E-state index in [2.05, 4.69) is 46.8 Å². The van der Waals surface area contributed by atoms with Gasteiger partial charge in [-0.05, 0) is 50.4 Å². The average molecular weight is 359 g/mol. The number of aryl methyl sites for hydroxylation is 1. The van der Waals surface area contributed by atoms with Gasteiger partial charge in [0.1, 0.15) is 10.2 Å². The third kappa shape index (κ3) is 2.63. The number of rotatable bonds is 2. The highest BCUT2D eigenvalue weighted by Crippen LogP contribution is 2.17. The summed E-state index contributed by atoms with van der Waals surface area (Å²) in [5.74, 6) is 0.488. The molecule has 6 heteroatoms. The van der Waals surface area contributed by atoms with E-state index in [0.717, 1.165) is 10.2 Å². The van der Waals surface area contributed by atoms with Gasteiger partial charge >= 0.3 is 0 Å². The van der Waals surface area contributed by atoms with Crippen LogP contribution in [0.25, 0.3) is 11.5 Å². The predicted octanol–water partition coefficient (Wildman–Crippen LogP) is 2.92. The summed E-state index contributed by atoms with van der Waals surface area (Å²) >= 11 is 6.53. The summed E-state index contributed by atoms with van der Waals surface area (Å²) in [5.41, 5.74) is 1.19. The van der Waals surface area contributed by atoms with Crippen LogP contribution in [-0.2, 0) is 6.42 Å². The summed E-state index contributed by atoms with van der Waals surface area (Å²) in [5, 5.41) is 0. The van der Waals surface area contributed by atoms with Crippen molar-refractivity contribution in [2.24, 2.45) is 0 Å². The first-order chi connectivity index (χ1) is 8.11. The van der Waals surface area contributed by atoms with Crippen molar-refractivity contribution in [1.82, 2.24) is 15.0 Å². The Morgan fingerprint density at radius 2 is 2.12 bits per heavy atom. The Morgan fingerprint density at radius 1 is 1.35 bits per heavy atom. The molecule has 1 N–H and O–H groups in total. The molecule has 4 nitrogen and oxygen atoms in total. The second-order valence-corrected chi connectivity index (χ2v) is 5.10. The summed E-state index contributed by atoms with van der Waals surface area (Å²) in [6.45, 7) is 1.95. The lowest BCUT2D eigenvalue weighted by Gasteiger charge is -2.04. The smallest absolute Gasteiger partial charge is 0.265 e. The summed E-state index contributed by atoms with van der Waals surface area (Å²) < 4.78 is 1.37. The molecule has 2 rings (SSSR count). The summed E-state index contributed by atoms with van der Waals surface area (Å²) in [4.78, 5) is 22.9. The second-order valence-electron chi connectivity index (χ2n) is 3.39. The highest BCUT2D eigenvalue weighted by Gasteiger charge is 2.09. The molecule has 0 fully saturated rings. The van der Waals surface area contributed by atoms with Gasteiger partial charge in [-0.1, -0.05) is 6.92 Å². The van der Waals surface area contributed by atoms with Gasteiger partial charge in [0.15, 0.2) is 5.82 Å². The normalized spacial score (nSPS) is 10.5. The Bertz CT molecular complexity index is 593. The summed E-state index contributed by atoms with van der Waals surface area (Å²) in [6, 6.07) is 3.66. The number of aromatic nitrogens is 3. The zero-order valence-electron chi connectivity index (χ0n) is 9.00. The number of nitrogens with one attached hydrogen (secondary N) is 1. The third-order valence-corrected chi connectivity index (χ3v) is 3.52. The van der Waals surface area contributed by atoms with Crippen LogP contribution < -0.4 is 5.56 Å². The highest BCUT2D eigenvalue weighted by molar-refractivity contribution is 9.10. The maximum absolute atomic E-state index is 11.7. The van der Waals surface area contributed by atoms with E-state index in [1.807, 2.05) is 13.0 Å². The lowest BCUT2D eigenvalue weighted by atomic mass is 10.3. The molecule has 0 aliphatic carbocycles. The van der Waals surface area contributed by atoms with Gasteiger partial charge in [-0.15, -0.1) is 0 Å². The van der Waals surface area contributed by atoms with Crippen molar-refractivity contribution in [1.29, 1.82) is 0 Å². The van der Waals surface area contributed by atoms with Crippen molar-refractivity contribution in [3.05, 3.63) is 43.3 Å². The minimum atomic E-state index is -0.184. The van der Waals surface area contributed by atoms with E-state index >= 15 is 0 Å². The Morgan fingerprint density at radius 3 is 2.71 bits per heavy atom. The van der Waals surface area contributed by atoms with E-state index in [1.165, 1.54) is 0 Å². The van der Waals surface area contributed by atoms with Crippen LogP contribution in [0.5, 0.6) is 0 Å². The lowest BCUT2D eigenvalue weighted by Crippen LogP contribution is -2.13. The van der Waals surface area contributed by atoms with Crippen LogP contribution in [0.15, 0.2) is 32.1 Å². The van der Waals surface area contributed by atoms with Crippen LogP contribution in [-0.4, -0.2) is 15.0 Å². The van der Waals surface area contributed by atoms with E-state index in [0.29, 0.717) is 22.4 Å². The van der Waals surface area contributed by atoms with Crippen molar-refractivity contribution in [2.75, 3.05) is 0 Å². The van der Waals surface area contributed by atoms with Crippen LogP contribution in [0.2, 0.25) is 0 Å². The fourth-order valence-electron chi connectivity index (χ4n) is 1.38. The van der Waals surface area contributed by atoms with Crippen molar-refractivity contribution < 1.29 is 0 Å². The minimum absolute atomic E-state index is 0.184. The fraction of sp³-hybridized carbons (Fsp3) is 0.182. The van der Waals surface area contributed by atoms with Crippen LogP contribution in [0.4, 0.5) is 0 Å². The van der Waals surface area contributed by atoms with Crippen LogP contribution >= 0.6 is 31.9 Å². The molecule has 88 valence electrons. The number of pyridine rings is 1. The number of H-pyrrole nitrogens is 1. The molecular formula is C11H9Br2N3O. The van der Waals surface area contributed by atoms with Gasteiger partial charge in [0, 0.05) is 10.7 Å². The number of halogens is 2. The van der Waals surface area contributed by atoms with Crippen molar-refractivity contribution >= 4 is 31.9 Å². The Hall–Kier alpha value is -1.01. The lowest BCUT2D eigenvalue weighted by molar-refractivity contribution is 0.963. The SMILES string of the molecule is CCc1nc(-c2ccc(Br)cn2)[nH]c(=O)c1Br. The monoisotopic (exact) mass is 357 g/mol. The van der Waals surface area contributed by atoms with E-state index in [4.69, 9.17) is 0 Å². The van der Waals surface area contributed by atoms with E-state index < -0.39 is 0 Å². The molecule has 17 heavy (non-hydrogen) atoms. The number of hydrogen-bond acceptors (Lipinski definition) is 3. The van der Waals surface area contributed by atoms with Gasteiger partial charge in [0.2, 0.25) is 0 Å². The summed E-state index contributed by atoms with van der Waals surface area (Å²) in [7, 11) is 0. The molecule has 0 amide bonds. The first kappa shape index (κ1) is 12.4. The molecule has 0 saturated carbocycles. The van der Waals surface area contributed by atoms with E-state index in [-0.39, 0.29) is 5.56 Å². The zero-order chi connectivity index (χ0) is 12.4. The molecule has 0 aromatic carbocycles. The van der Waals surface area contributed by atoms with E-state index in [9.17, 15) is 4.79 Å². The molecule has 0 spiro atoms. The standard InChI is InChI=1S/C11H9Br2N3O/c1-2-7-9(13)11(17)16-10(15-7)8-4-3-6(12)5-14-8/h3-5H,2H2,1H3,(H,15,16,17). The zero-order valence-corrected chi connectivity index (χ0v) is 12.2. The number of hydrogen-bond donors (Lipinski definition) is 1. The van der Waals surface area contributed by atoms with Crippen molar-refractivity contribution in [3.8, 4) is 11.5 Å². The number of nitrogens with zero attached hydrogens (tertiary/aromatic N) is 2. The molecule has 0 saturated heterocycles. The molecule has 0 bridgehead atoms. The Labute approximate surface area is 115 Å². The molecule has 2 aromatic rings. The van der Waals surface area contributed by atoms with Gasteiger partial charge in [-0.3, -0.25) is 9.78 Å². The topological polar surface area (TPSA) is 58.6 Å². The number of aromatic amines is 1. The molecule has 0 aliphatic rings. The molecule has 2 aromatic heterocycles. The molecule has 2 heterocycles. The van der Waals surface area contributed by atoms with Crippen molar-refractivity contribution in [3.63, 3.8) is 0 Å².